The summed E-state index contributed by atoms with van der Waals surface area (Å²) in [6, 6.07) is 0.546. The molecule has 0 radical (unpaired) electrons. The smallest absolute Gasteiger partial charge is 0.246 e. The lowest BCUT2D eigenvalue weighted by atomic mass is 9.99. The van der Waals surface area contributed by atoms with E-state index < -0.39 is 120 Å². The second-order valence-electron chi connectivity index (χ2n) is 23.2. The molecule has 10 amide bonds. The Bertz CT molecular complexity index is 2270. The molecule has 0 bridgehead atoms. The monoisotopic (exact) mass is 1090 g/mol. The Labute approximate surface area is 462 Å². The molecule has 0 aliphatic carbocycles. The molecule has 4 heterocycles. The zero-order chi connectivity index (χ0) is 57.5. The molecule has 0 aromatic heterocycles. The van der Waals surface area contributed by atoms with Crippen molar-refractivity contribution in [1.82, 2.24) is 50.7 Å². The zero-order valence-corrected chi connectivity index (χ0v) is 48.2. The summed E-state index contributed by atoms with van der Waals surface area (Å²) in [6.07, 6.45) is 3.56. The van der Waals surface area contributed by atoms with Crippen molar-refractivity contribution in [2.75, 3.05) is 66.6 Å². The van der Waals surface area contributed by atoms with Gasteiger partial charge in [-0.1, -0.05) is 71.9 Å². The summed E-state index contributed by atoms with van der Waals surface area (Å²) in [4.78, 5) is 153. The van der Waals surface area contributed by atoms with Crippen LogP contribution < -0.4 is 21.3 Å². The maximum atomic E-state index is 14.9. The zero-order valence-electron chi connectivity index (χ0n) is 48.2. The highest BCUT2D eigenvalue weighted by Crippen LogP contribution is 2.26. The van der Waals surface area contributed by atoms with Gasteiger partial charge in [-0.2, -0.15) is 0 Å². The van der Waals surface area contributed by atoms with Crippen LogP contribution in [0.4, 0.5) is 0 Å². The van der Waals surface area contributed by atoms with Crippen molar-refractivity contribution in [3.8, 4) is 0 Å². The molecule has 4 N–H and O–H groups in total. The summed E-state index contributed by atoms with van der Waals surface area (Å²) in [7, 11) is 3.01. The molecule has 4 aliphatic heterocycles. The number of hydrogen-bond acceptors (Lipinski definition) is 11. The predicted molar refractivity (Wildman–Crippen MR) is 293 cm³/mol. The summed E-state index contributed by atoms with van der Waals surface area (Å²) in [5.41, 5.74) is 0.737. The van der Waals surface area contributed by atoms with Crippen molar-refractivity contribution in [2.24, 2.45) is 23.7 Å². The number of nitrogens with zero attached hydrogens (tertiary/aromatic N) is 6. The molecule has 0 spiro atoms. The number of rotatable bonds is 11. The Kier molecular flexibility index (Phi) is 23.5. The molecule has 0 saturated carbocycles. The molecule has 21 nitrogen and oxygen atoms in total. The van der Waals surface area contributed by atoms with Crippen molar-refractivity contribution < 1.29 is 52.7 Å². The summed E-state index contributed by atoms with van der Waals surface area (Å²) in [5.74, 6) is -5.76. The van der Waals surface area contributed by atoms with E-state index in [0.29, 0.717) is 51.7 Å². The van der Waals surface area contributed by atoms with Crippen molar-refractivity contribution in [3.63, 3.8) is 0 Å². The minimum Gasteiger partial charge on any atom is -0.381 e. The maximum absolute atomic E-state index is 14.9. The number of likely N-dealkylation sites (N-methyl/N-ethyl adjacent to an activating group) is 3. The van der Waals surface area contributed by atoms with E-state index in [4.69, 9.17) is 4.74 Å². The van der Waals surface area contributed by atoms with Gasteiger partial charge < -0.3 is 55.4 Å². The molecule has 1 aromatic rings. The third-order valence-corrected chi connectivity index (χ3v) is 15.5. The van der Waals surface area contributed by atoms with E-state index in [2.05, 4.69) is 21.3 Å². The van der Waals surface area contributed by atoms with E-state index in [-0.39, 0.29) is 75.5 Å². The third-order valence-electron chi connectivity index (χ3n) is 15.5. The lowest BCUT2D eigenvalue weighted by molar-refractivity contribution is -0.149. The highest BCUT2D eigenvalue weighted by atomic mass is 16.5. The molecule has 4 aliphatic rings. The molecule has 434 valence electrons. The number of ether oxygens (including phenoxy) is 1. The fraction of sp³-hybridized carbons (Fsp3) is 0.719. The Balaban J connectivity index is 1.55. The molecule has 4 saturated heterocycles. The minimum absolute atomic E-state index is 0.0318. The predicted octanol–water partition coefficient (Wildman–Crippen LogP) is 2.10. The lowest BCUT2D eigenvalue weighted by Crippen LogP contribution is -2.60. The molecule has 4 fully saturated rings. The quantitative estimate of drug-likeness (QED) is 0.250. The first-order valence-electron chi connectivity index (χ1n) is 28.4. The van der Waals surface area contributed by atoms with Gasteiger partial charge in [0.15, 0.2) is 0 Å². The molecule has 8 atom stereocenters. The number of carbonyl (C=O) groups is 10. The van der Waals surface area contributed by atoms with Crippen molar-refractivity contribution >= 4 is 59.1 Å². The van der Waals surface area contributed by atoms with Crippen LogP contribution >= 0.6 is 0 Å². The van der Waals surface area contributed by atoms with Gasteiger partial charge in [0.1, 0.15) is 48.3 Å². The molecule has 78 heavy (non-hydrogen) atoms. The SMILES string of the molecule is CCN1CC(=O)N[C@@H](CC(C)C)C(=O)N2CCC[C@@H]2C(=O)N(C)[C@@H](CC(C)C)C(=O)N[C@@H](C)C(=O)N(CC2CCOCC2)CC(=O)N[C@@H](Cc2ccccc2)C(=O)N2CCC[C@@H]2C(=O)N(C)[C@@H](CC(C)C)C(=O)N[C@@H](C)C1=O. The van der Waals surface area contributed by atoms with Gasteiger partial charge in [0.25, 0.3) is 0 Å². The Morgan fingerprint density at radius 2 is 0.974 bits per heavy atom. The second-order valence-corrected chi connectivity index (χ2v) is 23.2. The number of carbonyl (C=O) groups excluding carboxylic acids is 10. The van der Waals surface area contributed by atoms with Crippen LogP contribution in [-0.4, -0.2) is 203 Å². The van der Waals surface area contributed by atoms with Crippen LogP contribution in [0.15, 0.2) is 30.3 Å². The van der Waals surface area contributed by atoms with Crippen molar-refractivity contribution in [2.45, 2.75) is 175 Å². The summed E-state index contributed by atoms with van der Waals surface area (Å²) >= 11 is 0. The summed E-state index contributed by atoms with van der Waals surface area (Å²) in [6.45, 7) is 16.9. The van der Waals surface area contributed by atoms with E-state index in [9.17, 15) is 47.9 Å². The van der Waals surface area contributed by atoms with Gasteiger partial charge in [-0.15, -0.1) is 0 Å². The second kappa shape index (κ2) is 29.2. The molecule has 1 aromatic carbocycles. The number of benzene rings is 1. The van der Waals surface area contributed by atoms with Gasteiger partial charge in [-0.25, -0.2) is 0 Å². The summed E-state index contributed by atoms with van der Waals surface area (Å²) < 4.78 is 5.61. The van der Waals surface area contributed by atoms with Gasteiger partial charge in [0.2, 0.25) is 59.1 Å². The third kappa shape index (κ3) is 16.9. The molecular formula is C57H90N10O11. The first kappa shape index (κ1) is 62.7. The average molecular weight is 1090 g/mol. The van der Waals surface area contributed by atoms with Crippen LogP contribution in [0.1, 0.15) is 126 Å². The fourth-order valence-corrected chi connectivity index (χ4v) is 11.2. The molecular weight excluding hydrogens is 1000 g/mol. The minimum atomic E-state index is -1.17. The van der Waals surface area contributed by atoms with E-state index >= 15 is 0 Å². The first-order valence-corrected chi connectivity index (χ1v) is 28.4. The standard InChI is InChI=1S/C57H90N10O11/c1-12-64-33-48(68)60-42(28-35(2)3)54(74)66-24-16-20-44(66)56(76)63(11)47(30-37(6)7)51(71)59-39(9)53(73)65(32-41-22-26-78-27-23-41)34-49(69)61-43(31-40-18-14-13-15-19-40)55(75)67-25-17-21-45(67)57(77)62(10)46(29-36(4)5)50(70)58-38(8)52(64)72/h13-15,18-19,35-39,41-47H,12,16-17,20-34H2,1-11H3,(H,58,70)(H,59,71)(H,60,68)(H,61,69)/t38-,39-,42-,43-,44+,45+,46-,47-/m0/s1. The number of hydrogen-bond donors (Lipinski definition) is 4. The summed E-state index contributed by atoms with van der Waals surface area (Å²) in [5, 5.41) is 11.4. The average Bonchev–Trinajstić information content (AvgIpc) is 4.13. The highest BCUT2D eigenvalue weighted by Gasteiger charge is 2.44. The van der Waals surface area contributed by atoms with E-state index in [1.54, 1.807) is 6.92 Å². The molecule has 5 rings (SSSR count). The van der Waals surface area contributed by atoms with Gasteiger partial charge in [-0.3, -0.25) is 47.9 Å². The number of amides is 10. The van der Waals surface area contributed by atoms with Crippen LogP contribution in [0, 0.1) is 23.7 Å². The highest BCUT2D eigenvalue weighted by molar-refractivity contribution is 5.99. The molecule has 0 unspecified atom stereocenters. The number of nitrogens with one attached hydrogen (secondary N) is 4. The normalized spacial score (nSPS) is 27.4. The van der Waals surface area contributed by atoms with Crippen LogP contribution in [0.3, 0.4) is 0 Å². The Morgan fingerprint density at radius 1 is 0.538 bits per heavy atom. The van der Waals surface area contributed by atoms with Crippen LogP contribution in [0.2, 0.25) is 0 Å². The molecule has 21 heteroatoms. The largest absolute Gasteiger partial charge is 0.381 e. The van der Waals surface area contributed by atoms with Gasteiger partial charge in [0.05, 0.1) is 13.1 Å². The van der Waals surface area contributed by atoms with Gasteiger partial charge in [-0.05, 0) is 108 Å². The Hall–Kier alpha value is -6.12. The van der Waals surface area contributed by atoms with E-state index in [1.165, 1.54) is 57.3 Å². The van der Waals surface area contributed by atoms with Crippen LogP contribution in [0.25, 0.3) is 0 Å². The van der Waals surface area contributed by atoms with Crippen molar-refractivity contribution in [3.05, 3.63) is 35.9 Å². The van der Waals surface area contributed by atoms with E-state index in [1.807, 2.05) is 71.9 Å². The lowest BCUT2D eigenvalue weighted by Gasteiger charge is -2.36. The topological polar surface area (TPSA) is 247 Å². The van der Waals surface area contributed by atoms with Crippen LogP contribution in [-0.2, 0) is 59.1 Å². The van der Waals surface area contributed by atoms with Crippen LogP contribution in [0.5, 0.6) is 0 Å². The number of fused-ring (bicyclic) bond motifs is 2. The maximum Gasteiger partial charge on any atom is 0.246 e. The van der Waals surface area contributed by atoms with Gasteiger partial charge in [0, 0.05) is 59.9 Å². The Morgan fingerprint density at radius 3 is 1.44 bits per heavy atom. The fourth-order valence-electron chi connectivity index (χ4n) is 11.2. The van der Waals surface area contributed by atoms with Crippen molar-refractivity contribution in [1.29, 1.82) is 0 Å². The van der Waals surface area contributed by atoms with Gasteiger partial charge >= 0.3 is 0 Å². The first-order chi connectivity index (χ1) is 36.9. The van der Waals surface area contributed by atoms with E-state index in [0.717, 1.165) is 5.56 Å².